The Labute approximate surface area is 112 Å². The Morgan fingerprint density at radius 2 is 1.80 bits per heavy atom. The average molecular weight is 291 g/mol. The summed E-state index contributed by atoms with van der Waals surface area (Å²) in [6.45, 7) is -0.348. The molecule has 1 unspecified atom stereocenters. The number of halogens is 3. The molecule has 110 valence electrons. The molecule has 0 saturated carbocycles. The third-order valence-electron chi connectivity index (χ3n) is 2.50. The zero-order valence-electron chi connectivity index (χ0n) is 10.4. The third kappa shape index (κ3) is 3.62. The number of amides is 1. The quantitative estimate of drug-likeness (QED) is 0.863. The lowest BCUT2D eigenvalue weighted by molar-refractivity contribution is -0.207. The Kier molecular flexibility index (Phi) is 4.59. The van der Waals surface area contributed by atoms with E-state index < -0.39 is 30.2 Å². The van der Waals surface area contributed by atoms with E-state index in [1.165, 1.54) is 17.4 Å². The highest BCUT2D eigenvalue weighted by atomic mass is 19.4. The van der Waals surface area contributed by atoms with Crippen LogP contribution in [0.5, 0.6) is 5.75 Å². The van der Waals surface area contributed by atoms with Crippen molar-refractivity contribution in [1.82, 2.24) is 5.32 Å². The van der Waals surface area contributed by atoms with Crippen molar-refractivity contribution in [2.45, 2.75) is 18.6 Å². The molecular weight excluding hydrogens is 279 g/mol. The van der Waals surface area contributed by atoms with Crippen molar-refractivity contribution >= 4 is 11.9 Å². The van der Waals surface area contributed by atoms with Gasteiger partial charge >= 0.3 is 12.1 Å². The van der Waals surface area contributed by atoms with Crippen LogP contribution in [-0.4, -0.2) is 35.3 Å². The van der Waals surface area contributed by atoms with E-state index >= 15 is 0 Å². The number of carbonyl (C=O) groups is 2. The standard InChI is InChI=1S/C12H12F3NO4/c1-11(10(18)19,12(13,14)15)16-9(17)7-20-8-5-3-2-4-6-8/h2-6H,7H2,1H3,(H,16,17)(H,18,19). The molecule has 1 atom stereocenters. The fraction of sp³-hybridized carbons (Fsp3) is 0.333. The zero-order chi connectivity index (χ0) is 15.4. The number of carboxylic acids is 1. The van der Waals surface area contributed by atoms with Gasteiger partial charge in [-0.25, -0.2) is 4.79 Å². The van der Waals surface area contributed by atoms with Crippen LogP contribution < -0.4 is 10.1 Å². The highest BCUT2D eigenvalue weighted by Crippen LogP contribution is 2.30. The van der Waals surface area contributed by atoms with Crippen LogP contribution in [0.2, 0.25) is 0 Å². The van der Waals surface area contributed by atoms with Crippen molar-refractivity contribution in [2.24, 2.45) is 0 Å². The molecule has 2 N–H and O–H groups in total. The van der Waals surface area contributed by atoms with Gasteiger partial charge in [0.15, 0.2) is 6.61 Å². The van der Waals surface area contributed by atoms with E-state index in [1.54, 1.807) is 18.2 Å². The SMILES string of the molecule is CC(NC(=O)COc1ccccc1)(C(=O)O)C(F)(F)F. The average Bonchev–Trinajstić information content (AvgIpc) is 2.36. The Balaban J connectivity index is 2.67. The molecule has 8 heteroatoms. The predicted molar refractivity (Wildman–Crippen MR) is 62.2 cm³/mol. The lowest BCUT2D eigenvalue weighted by Gasteiger charge is -2.28. The molecule has 0 aromatic heterocycles. The molecule has 0 aliphatic rings. The second-order valence-corrected chi connectivity index (χ2v) is 4.08. The number of aliphatic carboxylic acids is 1. The smallest absolute Gasteiger partial charge is 0.422 e. The molecule has 1 aromatic carbocycles. The van der Waals surface area contributed by atoms with Gasteiger partial charge in [0.05, 0.1) is 0 Å². The van der Waals surface area contributed by atoms with Crippen LogP contribution in [0.3, 0.4) is 0 Å². The van der Waals surface area contributed by atoms with Gasteiger partial charge in [0.2, 0.25) is 5.54 Å². The van der Waals surface area contributed by atoms with Crippen molar-refractivity contribution in [3.05, 3.63) is 30.3 Å². The Hall–Kier alpha value is -2.25. The summed E-state index contributed by atoms with van der Waals surface area (Å²) in [5.74, 6) is -3.10. The molecule has 20 heavy (non-hydrogen) atoms. The van der Waals surface area contributed by atoms with Crippen molar-refractivity contribution in [3.63, 3.8) is 0 Å². The number of nitrogens with one attached hydrogen (secondary N) is 1. The summed E-state index contributed by atoms with van der Waals surface area (Å²) in [7, 11) is 0. The van der Waals surface area contributed by atoms with Gasteiger partial charge in [-0.2, -0.15) is 13.2 Å². The number of carbonyl (C=O) groups excluding carboxylic acids is 1. The highest BCUT2D eigenvalue weighted by Gasteiger charge is 2.58. The van der Waals surface area contributed by atoms with Gasteiger partial charge < -0.3 is 15.2 Å². The summed E-state index contributed by atoms with van der Waals surface area (Å²) in [4.78, 5) is 22.1. The number of alkyl halides is 3. The second kappa shape index (κ2) is 5.81. The minimum absolute atomic E-state index is 0.284. The maximum atomic E-state index is 12.6. The topological polar surface area (TPSA) is 75.6 Å². The van der Waals surface area contributed by atoms with Crippen LogP contribution in [-0.2, 0) is 9.59 Å². The molecule has 0 spiro atoms. The fourth-order valence-electron chi connectivity index (χ4n) is 1.23. The first-order valence-corrected chi connectivity index (χ1v) is 5.46. The number of benzene rings is 1. The largest absolute Gasteiger partial charge is 0.484 e. The predicted octanol–water partition coefficient (Wildman–Crippen LogP) is 1.59. The van der Waals surface area contributed by atoms with E-state index in [4.69, 9.17) is 9.84 Å². The van der Waals surface area contributed by atoms with Crippen LogP contribution in [0.15, 0.2) is 30.3 Å². The van der Waals surface area contributed by atoms with Gasteiger partial charge in [0, 0.05) is 0 Å². The zero-order valence-corrected chi connectivity index (χ0v) is 10.4. The summed E-state index contributed by atoms with van der Waals surface area (Å²) in [5, 5.41) is 10.0. The Bertz CT molecular complexity index is 489. The van der Waals surface area contributed by atoms with Gasteiger partial charge in [-0.1, -0.05) is 18.2 Å². The minimum Gasteiger partial charge on any atom is -0.484 e. The molecule has 1 aromatic rings. The Morgan fingerprint density at radius 1 is 1.25 bits per heavy atom. The summed E-state index contributed by atoms with van der Waals surface area (Å²) in [6, 6.07) is 7.94. The monoisotopic (exact) mass is 291 g/mol. The molecule has 0 heterocycles. The van der Waals surface area contributed by atoms with Gasteiger partial charge in [-0.15, -0.1) is 0 Å². The summed E-state index contributed by atoms with van der Waals surface area (Å²) >= 11 is 0. The third-order valence-corrected chi connectivity index (χ3v) is 2.50. The highest BCUT2D eigenvalue weighted by molar-refractivity contribution is 5.88. The van der Waals surface area contributed by atoms with Crippen LogP contribution >= 0.6 is 0 Å². The number of carboxylic acid groups (broad SMARTS) is 1. The molecule has 0 aliphatic carbocycles. The molecule has 0 aliphatic heterocycles. The van der Waals surface area contributed by atoms with Gasteiger partial charge in [0.1, 0.15) is 5.75 Å². The van der Waals surface area contributed by atoms with Crippen LogP contribution in [0.25, 0.3) is 0 Å². The number of hydrogen-bond acceptors (Lipinski definition) is 3. The number of rotatable bonds is 5. The van der Waals surface area contributed by atoms with E-state index in [2.05, 4.69) is 0 Å². The van der Waals surface area contributed by atoms with Crippen LogP contribution in [0, 0.1) is 0 Å². The van der Waals surface area contributed by atoms with E-state index in [-0.39, 0.29) is 5.75 Å². The van der Waals surface area contributed by atoms with Gasteiger partial charge in [-0.05, 0) is 19.1 Å². The van der Waals surface area contributed by atoms with Crippen molar-refractivity contribution in [2.75, 3.05) is 6.61 Å². The molecule has 0 radical (unpaired) electrons. The van der Waals surface area contributed by atoms with E-state index in [1.807, 2.05) is 0 Å². The first-order chi connectivity index (χ1) is 9.17. The number of para-hydroxylation sites is 1. The molecule has 1 amide bonds. The first-order valence-electron chi connectivity index (χ1n) is 5.46. The molecular formula is C12H12F3NO4. The molecule has 0 fully saturated rings. The number of hydrogen-bond donors (Lipinski definition) is 2. The van der Waals surface area contributed by atoms with E-state index in [0.29, 0.717) is 6.92 Å². The second-order valence-electron chi connectivity index (χ2n) is 4.08. The summed E-state index contributed by atoms with van der Waals surface area (Å²) in [5.41, 5.74) is -3.36. The number of ether oxygens (including phenoxy) is 1. The molecule has 5 nitrogen and oxygen atoms in total. The van der Waals surface area contributed by atoms with Crippen molar-refractivity contribution < 1.29 is 32.6 Å². The molecule has 1 rings (SSSR count). The maximum absolute atomic E-state index is 12.6. The summed E-state index contributed by atoms with van der Waals surface area (Å²) < 4.78 is 42.9. The molecule has 0 bridgehead atoms. The van der Waals surface area contributed by atoms with Crippen LogP contribution in [0.4, 0.5) is 13.2 Å². The van der Waals surface area contributed by atoms with Gasteiger partial charge in [-0.3, -0.25) is 4.79 Å². The van der Waals surface area contributed by atoms with E-state index in [9.17, 15) is 22.8 Å². The van der Waals surface area contributed by atoms with Crippen LogP contribution in [0.1, 0.15) is 6.92 Å². The first kappa shape index (κ1) is 15.8. The van der Waals surface area contributed by atoms with Gasteiger partial charge in [0.25, 0.3) is 5.91 Å². The molecule has 0 saturated heterocycles. The lowest BCUT2D eigenvalue weighted by Crippen LogP contribution is -2.62. The summed E-state index contributed by atoms with van der Waals surface area (Å²) in [6.07, 6.45) is -5.12. The lowest BCUT2D eigenvalue weighted by atomic mass is 10.0. The normalized spacial score (nSPS) is 14.2. The fourth-order valence-corrected chi connectivity index (χ4v) is 1.23. The maximum Gasteiger partial charge on any atom is 0.422 e. The van der Waals surface area contributed by atoms with E-state index in [0.717, 1.165) is 0 Å². The minimum atomic E-state index is -5.12. The van der Waals surface area contributed by atoms with Crippen molar-refractivity contribution in [1.29, 1.82) is 0 Å². The van der Waals surface area contributed by atoms with Crippen molar-refractivity contribution in [3.8, 4) is 5.75 Å². The Morgan fingerprint density at radius 3 is 2.25 bits per heavy atom.